The number of carbonyl (C=O) groups excluding carboxylic acids is 1. The number of carboxylic acid groups (broad SMARTS) is 1. The molecule has 0 aliphatic heterocycles. The van der Waals surface area contributed by atoms with Crippen LogP contribution in [-0.4, -0.2) is 31.8 Å². The molecule has 6 heteroatoms. The number of aromatic carboxylic acids is 1. The smallest absolute Gasteiger partial charge is 0.335 e. The van der Waals surface area contributed by atoms with E-state index in [1.165, 1.54) is 12.1 Å². The van der Waals surface area contributed by atoms with Gasteiger partial charge in [-0.25, -0.2) is 9.78 Å². The van der Waals surface area contributed by atoms with Crippen LogP contribution in [0.4, 0.5) is 0 Å². The number of pyridine rings is 1. The van der Waals surface area contributed by atoms with Crippen molar-refractivity contribution in [2.24, 2.45) is 0 Å². The van der Waals surface area contributed by atoms with Gasteiger partial charge in [0.25, 0.3) is 0 Å². The van der Waals surface area contributed by atoms with E-state index in [1.54, 1.807) is 24.4 Å². The number of imidazole rings is 1. The second-order valence-electron chi connectivity index (χ2n) is 6.95. The minimum atomic E-state index is -0.993. The Bertz CT molecular complexity index is 1440. The maximum atomic E-state index is 12.9. The highest BCUT2D eigenvalue weighted by molar-refractivity contribution is 6.10. The Morgan fingerprint density at radius 3 is 2.37 bits per heavy atom. The first-order valence-electron chi connectivity index (χ1n) is 9.31. The number of hydrogen-bond donors (Lipinski definition) is 2. The fraction of sp³-hybridized carbons (Fsp3) is 0. The molecule has 0 saturated heterocycles. The SMILES string of the molecule is O=C(O)c1ccc2[nH]c(-c3ccc(C(=O)c4cnc5ccccc5c4)cc3)nc2c1. The van der Waals surface area contributed by atoms with E-state index in [0.717, 1.165) is 22.0 Å². The van der Waals surface area contributed by atoms with Gasteiger partial charge in [0, 0.05) is 28.3 Å². The molecule has 5 aromatic rings. The van der Waals surface area contributed by atoms with Gasteiger partial charge in [0.2, 0.25) is 0 Å². The van der Waals surface area contributed by atoms with Gasteiger partial charge in [0.15, 0.2) is 5.78 Å². The summed E-state index contributed by atoms with van der Waals surface area (Å²) in [5.74, 6) is -0.484. The lowest BCUT2D eigenvalue weighted by Gasteiger charge is -2.04. The molecule has 0 bridgehead atoms. The van der Waals surface area contributed by atoms with Crippen molar-refractivity contribution in [2.45, 2.75) is 0 Å². The van der Waals surface area contributed by atoms with Crippen molar-refractivity contribution in [3.05, 3.63) is 95.7 Å². The van der Waals surface area contributed by atoms with Crippen molar-refractivity contribution in [3.63, 3.8) is 0 Å². The molecule has 30 heavy (non-hydrogen) atoms. The molecule has 0 unspecified atom stereocenters. The number of fused-ring (bicyclic) bond motifs is 2. The Morgan fingerprint density at radius 1 is 0.800 bits per heavy atom. The predicted octanol–water partition coefficient (Wildman–Crippen LogP) is 4.71. The quantitative estimate of drug-likeness (QED) is 0.431. The first-order valence-corrected chi connectivity index (χ1v) is 9.31. The molecular formula is C24H15N3O3. The highest BCUT2D eigenvalue weighted by Gasteiger charge is 2.13. The zero-order valence-corrected chi connectivity index (χ0v) is 15.7. The molecule has 2 aromatic heterocycles. The average molecular weight is 393 g/mol. The number of benzene rings is 3. The topological polar surface area (TPSA) is 95.9 Å². The molecule has 0 spiro atoms. The lowest BCUT2D eigenvalue weighted by Crippen LogP contribution is -2.02. The number of nitrogens with one attached hydrogen (secondary N) is 1. The van der Waals surface area contributed by atoms with Crippen LogP contribution in [0.25, 0.3) is 33.3 Å². The molecule has 6 nitrogen and oxygen atoms in total. The van der Waals surface area contributed by atoms with Crippen LogP contribution >= 0.6 is 0 Å². The molecule has 2 N–H and O–H groups in total. The highest BCUT2D eigenvalue weighted by Crippen LogP contribution is 2.23. The first kappa shape index (κ1) is 17.8. The maximum absolute atomic E-state index is 12.9. The monoisotopic (exact) mass is 393 g/mol. The van der Waals surface area contributed by atoms with Gasteiger partial charge in [-0.1, -0.05) is 42.5 Å². The lowest BCUT2D eigenvalue weighted by molar-refractivity contribution is 0.0697. The summed E-state index contributed by atoms with van der Waals surface area (Å²) in [6, 6.07) is 21.4. The van der Waals surface area contributed by atoms with Gasteiger partial charge >= 0.3 is 5.97 Å². The number of para-hydroxylation sites is 1. The summed E-state index contributed by atoms with van der Waals surface area (Å²) in [4.78, 5) is 36.0. The summed E-state index contributed by atoms with van der Waals surface area (Å²) in [7, 11) is 0. The molecule has 0 aliphatic carbocycles. The van der Waals surface area contributed by atoms with Gasteiger partial charge in [-0.15, -0.1) is 0 Å². The predicted molar refractivity (Wildman–Crippen MR) is 114 cm³/mol. The number of rotatable bonds is 4. The molecule has 0 aliphatic rings. The Labute approximate surface area is 170 Å². The van der Waals surface area contributed by atoms with Gasteiger partial charge in [0.1, 0.15) is 5.82 Å². The van der Waals surface area contributed by atoms with E-state index in [-0.39, 0.29) is 11.3 Å². The third kappa shape index (κ3) is 3.10. The zero-order chi connectivity index (χ0) is 20.7. The molecule has 3 aromatic carbocycles. The summed E-state index contributed by atoms with van der Waals surface area (Å²) in [5.41, 5.74) is 4.25. The number of H-pyrrole nitrogens is 1. The standard InChI is InChI=1S/C24H15N3O3/c28-22(18-11-16-3-1-2-4-19(16)25-13-18)14-5-7-15(8-6-14)23-26-20-10-9-17(24(29)30)12-21(20)27-23/h1-13H,(H,26,27)(H,29,30). The molecule has 0 saturated carbocycles. The van der Waals surface area contributed by atoms with Gasteiger partial charge < -0.3 is 10.1 Å². The number of carboxylic acids is 1. The normalized spacial score (nSPS) is 11.1. The second-order valence-corrected chi connectivity index (χ2v) is 6.95. The van der Waals surface area contributed by atoms with E-state index in [4.69, 9.17) is 5.11 Å². The van der Waals surface area contributed by atoms with E-state index in [0.29, 0.717) is 22.5 Å². The van der Waals surface area contributed by atoms with Gasteiger partial charge in [-0.3, -0.25) is 9.78 Å². The number of nitrogens with zero attached hydrogens (tertiary/aromatic N) is 2. The van der Waals surface area contributed by atoms with Gasteiger partial charge in [0.05, 0.1) is 22.1 Å². The van der Waals surface area contributed by atoms with E-state index in [2.05, 4.69) is 15.0 Å². The number of aromatic amines is 1. The Kier molecular flexibility index (Phi) is 4.10. The fourth-order valence-electron chi connectivity index (χ4n) is 3.42. The highest BCUT2D eigenvalue weighted by atomic mass is 16.4. The molecule has 0 radical (unpaired) electrons. The Balaban J connectivity index is 1.45. The second kappa shape index (κ2) is 6.93. The summed E-state index contributed by atoms with van der Waals surface area (Å²) in [6.07, 6.45) is 1.60. The summed E-state index contributed by atoms with van der Waals surface area (Å²) in [5, 5.41) is 10.0. The van der Waals surface area contributed by atoms with Crippen LogP contribution in [0.1, 0.15) is 26.3 Å². The van der Waals surface area contributed by atoms with Crippen LogP contribution in [0.2, 0.25) is 0 Å². The number of carbonyl (C=O) groups is 2. The third-order valence-electron chi connectivity index (χ3n) is 5.00. The number of hydrogen-bond acceptors (Lipinski definition) is 4. The van der Waals surface area contributed by atoms with Gasteiger partial charge in [-0.2, -0.15) is 0 Å². The van der Waals surface area contributed by atoms with Crippen LogP contribution in [0, 0.1) is 0 Å². The summed E-state index contributed by atoms with van der Waals surface area (Å²) in [6.45, 7) is 0. The van der Waals surface area contributed by atoms with Crippen LogP contribution in [0.15, 0.2) is 79.0 Å². The van der Waals surface area contributed by atoms with Crippen molar-refractivity contribution in [3.8, 4) is 11.4 Å². The average Bonchev–Trinajstić information content (AvgIpc) is 3.22. The van der Waals surface area contributed by atoms with E-state index in [9.17, 15) is 9.59 Å². The molecule has 0 amide bonds. The van der Waals surface area contributed by atoms with Crippen LogP contribution < -0.4 is 0 Å². The lowest BCUT2D eigenvalue weighted by atomic mass is 10.0. The fourth-order valence-corrected chi connectivity index (χ4v) is 3.42. The van der Waals surface area contributed by atoms with Crippen molar-refractivity contribution in [1.29, 1.82) is 0 Å². The Morgan fingerprint density at radius 2 is 1.57 bits per heavy atom. The molecule has 144 valence electrons. The van der Waals surface area contributed by atoms with Crippen LogP contribution in [0.5, 0.6) is 0 Å². The molecule has 0 atom stereocenters. The van der Waals surface area contributed by atoms with Crippen molar-refractivity contribution < 1.29 is 14.7 Å². The summed E-state index contributed by atoms with van der Waals surface area (Å²) >= 11 is 0. The van der Waals surface area contributed by atoms with E-state index >= 15 is 0 Å². The van der Waals surface area contributed by atoms with Crippen molar-refractivity contribution >= 4 is 33.7 Å². The largest absolute Gasteiger partial charge is 0.478 e. The Hall–Kier alpha value is -4.32. The van der Waals surface area contributed by atoms with E-state index in [1.807, 2.05) is 42.5 Å². The van der Waals surface area contributed by atoms with Crippen LogP contribution in [-0.2, 0) is 0 Å². The van der Waals surface area contributed by atoms with Crippen LogP contribution in [0.3, 0.4) is 0 Å². The van der Waals surface area contributed by atoms with Gasteiger partial charge in [-0.05, 0) is 30.3 Å². The minimum Gasteiger partial charge on any atom is -0.478 e. The molecule has 2 heterocycles. The molecule has 0 fully saturated rings. The first-order chi connectivity index (χ1) is 14.6. The van der Waals surface area contributed by atoms with E-state index < -0.39 is 5.97 Å². The minimum absolute atomic E-state index is 0.101. The maximum Gasteiger partial charge on any atom is 0.335 e. The van der Waals surface area contributed by atoms with Crippen molar-refractivity contribution in [2.75, 3.05) is 0 Å². The molecular weight excluding hydrogens is 378 g/mol. The summed E-state index contributed by atoms with van der Waals surface area (Å²) < 4.78 is 0. The van der Waals surface area contributed by atoms with Crippen molar-refractivity contribution in [1.82, 2.24) is 15.0 Å². The number of ketones is 1. The zero-order valence-electron chi connectivity index (χ0n) is 15.7. The molecule has 5 rings (SSSR count). The number of aromatic nitrogens is 3. The third-order valence-corrected chi connectivity index (χ3v) is 5.00.